The Morgan fingerprint density at radius 1 is 1.24 bits per heavy atom. The van der Waals surface area contributed by atoms with Crippen molar-refractivity contribution in [3.8, 4) is 0 Å². The first-order chi connectivity index (χ1) is 12.2. The van der Waals surface area contributed by atoms with Crippen molar-refractivity contribution in [3.05, 3.63) is 47.7 Å². The first-order valence-electron chi connectivity index (χ1n) is 8.94. The second-order valence-corrected chi connectivity index (χ2v) is 7.09. The zero-order valence-corrected chi connectivity index (χ0v) is 15.2. The summed E-state index contributed by atoms with van der Waals surface area (Å²) in [7, 11) is 0. The lowest BCUT2D eigenvalue weighted by molar-refractivity contribution is -0.116. The number of likely N-dealkylation sites (tertiary alicyclic amines) is 1. The van der Waals surface area contributed by atoms with Crippen LogP contribution < -0.4 is 5.32 Å². The molecule has 0 atom stereocenters. The van der Waals surface area contributed by atoms with Crippen LogP contribution in [-0.2, 0) is 11.3 Å². The van der Waals surface area contributed by atoms with Crippen molar-refractivity contribution >= 4 is 23.2 Å². The van der Waals surface area contributed by atoms with Gasteiger partial charge in [-0.05, 0) is 62.5 Å². The lowest BCUT2D eigenvalue weighted by atomic mass is 9.93. The summed E-state index contributed by atoms with van der Waals surface area (Å²) in [6.07, 6.45) is 7.97. The van der Waals surface area contributed by atoms with Crippen LogP contribution in [-0.4, -0.2) is 40.2 Å². The van der Waals surface area contributed by atoms with E-state index in [9.17, 15) is 4.79 Å². The number of nitrogens with zero attached hydrogens (tertiary/aromatic N) is 3. The maximum absolute atomic E-state index is 12.1. The molecule has 134 valence electrons. The molecule has 1 fully saturated rings. The van der Waals surface area contributed by atoms with Gasteiger partial charge in [-0.3, -0.25) is 9.48 Å². The number of carbonyl (C=O) groups is 1. The van der Waals surface area contributed by atoms with Crippen LogP contribution in [0.1, 0.15) is 25.7 Å². The van der Waals surface area contributed by atoms with E-state index < -0.39 is 0 Å². The van der Waals surface area contributed by atoms with Gasteiger partial charge in [-0.1, -0.05) is 17.7 Å². The predicted octanol–water partition coefficient (Wildman–Crippen LogP) is 3.67. The lowest BCUT2D eigenvalue weighted by Gasteiger charge is -2.31. The number of halogens is 1. The molecule has 1 aromatic heterocycles. The Morgan fingerprint density at radius 2 is 2.08 bits per heavy atom. The average Bonchev–Trinajstić information content (AvgIpc) is 3.13. The molecular weight excluding hydrogens is 336 g/mol. The zero-order chi connectivity index (χ0) is 17.5. The lowest BCUT2D eigenvalue weighted by Crippen LogP contribution is -2.36. The number of benzene rings is 1. The fourth-order valence-electron chi connectivity index (χ4n) is 3.30. The summed E-state index contributed by atoms with van der Waals surface area (Å²) in [5.74, 6) is 0.809. The van der Waals surface area contributed by atoms with Gasteiger partial charge in [0, 0.05) is 42.6 Å². The third kappa shape index (κ3) is 5.87. The minimum atomic E-state index is 0.0445. The summed E-state index contributed by atoms with van der Waals surface area (Å²) >= 11 is 5.93. The van der Waals surface area contributed by atoms with E-state index in [2.05, 4.69) is 15.3 Å². The monoisotopic (exact) mass is 360 g/mol. The predicted molar refractivity (Wildman–Crippen MR) is 101 cm³/mol. The van der Waals surface area contributed by atoms with E-state index in [4.69, 9.17) is 11.6 Å². The second-order valence-electron chi connectivity index (χ2n) is 6.65. The molecule has 5 nitrogen and oxygen atoms in total. The smallest absolute Gasteiger partial charge is 0.225 e. The zero-order valence-electron chi connectivity index (χ0n) is 14.4. The van der Waals surface area contributed by atoms with Crippen molar-refractivity contribution in [2.24, 2.45) is 5.92 Å². The van der Waals surface area contributed by atoms with Gasteiger partial charge in [0.2, 0.25) is 5.91 Å². The van der Waals surface area contributed by atoms with Crippen LogP contribution in [0.3, 0.4) is 0 Å². The number of amides is 1. The van der Waals surface area contributed by atoms with Crippen molar-refractivity contribution in [1.82, 2.24) is 14.7 Å². The van der Waals surface area contributed by atoms with Crippen molar-refractivity contribution in [2.75, 3.05) is 25.0 Å². The van der Waals surface area contributed by atoms with Gasteiger partial charge in [0.05, 0.1) is 0 Å². The molecule has 1 aromatic carbocycles. The van der Waals surface area contributed by atoms with Crippen molar-refractivity contribution < 1.29 is 4.79 Å². The van der Waals surface area contributed by atoms with E-state index in [1.165, 1.54) is 19.3 Å². The van der Waals surface area contributed by atoms with Crippen LogP contribution >= 0.6 is 11.6 Å². The summed E-state index contributed by atoms with van der Waals surface area (Å²) in [5, 5.41) is 7.80. The summed E-state index contributed by atoms with van der Waals surface area (Å²) in [6, 6.07) is 9.23. The van der Waals surface area contributed by atoms with E-state index in [0.29, 0.717) is 11.4 Å². The maximum Gasteiger partial charge on any atom is 0.225 e. The number of aryl methyl sites for hydroxylation is 1. The van der Waals surface area contributed by atoms with Crippen molar-refractivity contribution in [3.63, 3.8) is 0 Å². The van der Waals surface area contributed by atoms with Crippen LogP contribution in [0.5, 0.6) is 0 Å². The summed E-state index contributed by atoms with van der Waals surface area (Å²) in [6.45, 7) is 3.97. The van der Waals surface area contributed by atoms with E-state index in [-0.39, 0.29) is 5.91 Å². The van der Waals surface area contributed by atoms with E-state index in [1.807, 2.05) is 35.3 Å². The SMILES string of the molecule is O=C(CCN1CCC(CCn2cccn2)CC1)Nc1cccc(Cl)c1. The number of piperidine rings is 1. The second kappa shape index (κ2) is 9.02. The Kier molecular flexibility index (Phi) is 6.48. The van der Waals surface area contributed by atoms with Gasteiger partial charge in [-0.15, -0.1) is 0 Å². The quantitative estimate of drug-likeness (QED) is 0.819. The Bertz CT molecular complexity index is 666. The normalized spacial score (nSPS) is 16.0. The molecule has 25 heavy (non-hydrogen) atoms. The van der Waals surface area contributed by atoms with E-state index in [0.717, 1.165) is 37.8 Å². The standard InChI is InChI=1S/C19H25ClN4O/c20-17-3-1-4-18(15-17)22-19(25)8-13-23-11-5-16(6-12-23)7-14-24-10-2-9-21-24/h1-4,9-10,15-16H,5-8,11-14H2,(H,22,25). The van der Waals surface area contributed by atoms with Gasteiger partial charge >= 0.3 is 0 Å². The van der Waals surface area contributed by atoms with Gasteiger partial charge in [0.1, 0.15) is 0 Å². The number of hydrogen-bond acceptors (Lipinski definition) is 3. The summed E-state index contributed by atoms with van der Waals surface area (Å²) < 4.78 is 2.01. The van der Waals surface area contributed by atoms with E-state index in [1.54, 1.807) is 12.1 Å². The average molecular weight is 361 g/mol. The molecule has 1 aliphatic heterocycles. The largest absolute Gasteiger partial charge is 0.326 e. The molecule has 0 unspecified atom stereocenters. The molecule has 2 heterocycles. The third-order valence-corrected chi connectivity index (χ3v) is 5.03. The first kappa shape index (κ1) is 18.0. The number of aromatic nitrogens is 2. The molecule has 0 radical (unpaired) electrons. The topological polar surface area (TPSA) is 50.2 Å². The van der Waals surface area contributed by atoms with Crippen molar-refractivity contribution in [2.45, 2.75) is 32.2 Å². The van der Waals surface area contributed by atoms with Gasteiger partial charge in [-0.25, -0.2) is 0 Å². The van der Waals surface area contributed by atoms with Gasteiger partial charge in [0.15, 0.2) is 0 Å². The number of rotatable bonds is 7. The Hall–Kier alpha value is -1.85. The molecule has 1 saturated heterocycles. The fraction of sp³-hybridized carbons (Fsp3) is 0.474. The molecular formula is C19H25ClN4O. The van der Waals surface area contributed by atoms with Crippen LogP contribution in [0.4, 0.5) is 5.69 Å². The number of nitrogens with one attached hydrogen (secondary N) is 1. The summed E-state index contributed by atoms with van der Waals surface area (Å²) in [4.78, 5) is 14.5. The van der Waals surface area contributed by atoms with Gasteiger partial charge < -0.3 is 10.2 Å². The molecule has 6 heteroatoms. The van der Waals surface area contributed by atoms with Crippen LogP contribution in [0.2, 0.25) is 5.02 Å². The fourth-order valence-corrected chi connectivity index (χ4v) is 3.49. The maximum atomic E-state index is 12.1. The highest BCUT2D eigenvalue weighted by Crippen LogP contribution is 2.21. The Labute approximate surface area is 154 Å². The molecule has 0 bridgehead atoms. The molecule has 1 N–H and O–H groups in total. The molecule has 0 spiro atoms. The molecule has 0 aliphatic carbocycles. The number of carbonyl (C=O) groups excluding carboxylic acids is 1. The van der Waals surface area contributed by atoms with Crippen LogP contribution in [0, 0.1) is 5.92 Å². The Balaban J connectivity index is 1.32. The molecule has 1 amide bonds. The minimum Gasteiger partial charge on any atom is -0.326 e. The minimum absolute atomic E-state index is 0.0445. The molecule has 3 rings (SSSR count). The molecule has 2 aromatic rings. The first-order valence-corrected chi connectivity index (χ1v) is 9.32. The Morgan fingerprint density at radius 3 is 2.80 bits per heavy atom. The van der Waals surface area contributed by atoms with Crippen molar-refractivity contribution in [1.29, 1.82) is 0 Å². The molecule has 1 aliphatic rings. The highest BCUT2D eigenvalue weighted by Gasteiger charge is 2.19. The summed E-state index contributed by atoms with van der Waals surface area (Å²) in [5.41, 5.74) is 0.759. The van der Waals surface area contributed by atoms with Crippen LogP contribution in [0.25, 0.3) is 0 Å². The van der Waals surface area contributed by atoms with Crippen LogP contribution in [0.15, 0.2) is 42.7 Å². The van der Waals surface area contributed by atoms with Gasteiger partial charge in [-0.2, -0.15) is 5.10 Å². The number of anilines is 1. The third-order valence-electron chi connectivity index (χ3n) is 4.80. The highest BCUT2D eigenvalue weighted by atomic mass is 35.5. The number of hydrogen-bond donors (Lipinski definition) is 1. The molecule has 0 saturated carbocycles. The van der Waals surface area contributed by atoms with E-state index >= 15 is 0 Å². The van der Waals surface area contributed by atoms with Gasteiger partial charge in [0.25, 0.3) is 0 Å². The highest BCUT2D eigenvalue weighted by molar-refractivity contribution is 6.30.